The van der Waals surface area contributed by atoms with Crippen LogP contribution >= 0.6 is 11.6 Å². The van der Waals surface area contributed by atoms with E-state index in [0.717, 1.165) is 13.0 Å². The van der Waals surface area contributed by atoms with E-state index in [1.54, 1.807) is 0 Å². The molecule has 0 aliphatic carbocycles. The second-order valence-corrected chi connectivity index (χ2v) is 5.15. The number of aromatic nitrogens is 2. The van der Waals surface area contributed by atoms with Crippen LogP contribution < -0.4 is 32.6 Å². The second-order valence-electron chi connectivity index (χ2n) is 4.75. The van der Waals surface area contributed by atoms with Crippen molar-refractivity contribution in [2.24, 2.45) is 7.05 Å². The predicted octanol–water partition coefficient (Wildman–Crippen LogP) is -1.04. The van der Waals surface area contributed by atoms with E-state index < -0.39 is 4.92 Å². The summed E-state index contributed by atoms with van der Waals surface area (Å²) in [5, 5.41) is 14.3. The van der Waals surface area contributed by atoms with Gasteiger partial charge >= 0.3 is 0 Å². The fourth-order valence-electron chi connectivity index (χ4n) is 1.99. The number of nitrogen functional groups attached to an aromatic ring is 1. The number of nitrogens with one attached hydrogen (secondary N) is 1. The van der Waals surface area contributed by atoms with Gasteiger partial charge in [0.2, 0.25) is 6.33 Å². The molecule has 0 unspecified atom stereocenters. The molecule has 2 rings (SSSR count). The summed E-state index contributed by atoms with van der Waals surface area (Å²) in [5.41, 5.74) is 6.01. The van der Waals surface area contributed by atoms with E-state index in [0.29, 0.717) is 17.3 Å². The van der Waals surface area contributed by atoms with E-state index >= 15 is 0 Å². The first kappa shape index (κ1) is 18.2. The van der Waals surface area contributed by atoms with Crippen LogP contribution in [0.15, 0.2) is 30.9 Å². The van der Waals surface area contributed by atoms with E-state index in [2.05, 4.69) is 9.88 Å². The van der Waals surface area contributed by atoms with Gasteiger partial charge in [-0.05, 0) is 6.07 Å². The zero-order valence-electron chi connectivity index (χ0n) is 12.0. The monoisotopic (exact) mass is 389 g/mol. The highest BCUT2D eigenvalue weighted by Crippen LogP contribution is 2.32. The van der Waals surface area contributed by atoms with Gasteiger partial charge in [0.15, 0.2) is 0 Å². The van der Waals surface area contributed by atoms with Gasteiger partial charge in [-0.1, -0.05) is 11.6 Å². The average Bonchev–Trinajstić information content (AvgIpc) is 2.82. The second kappa shape index (κ2) is 8.00. The van der Waals surface area contributed by atoms with Crippen LogP contribution in [-0.2, 0) is 13.6 Å². The number of hydrogen-bond donors (Lipinski definition) is 2. The van der Waals surface area contributed by atoms with Crippen molar-refractivity contribution >= 4 is 28.7 Å². The van der Waals surface area contributed by atoms with E-state index in [9.17, 15) is 10.1 Å². The summed E-state index contributed by atoms with van der Waals surface area (Å²) in [6.45, 7) is 1.51. The van der Waals surface area contributed by atoms with Crippen LogP contribution in [0.3, 0.4) is 0 Å². The summed E-state index contributed by atoms with van der Waals surface area (Å²) in [7, 11) is 1.96. The predicted molar refractivity (Wildman–Crippen MR) is 81.2 cm³/mol. The molecule has 0 atom stereocenters. The number of nitrogens with two attached hydrogens (primary N) is 1. The van der Waals surface area contributed by atoms with Crippen LogP contribution in [0.2, 0.25) is 5.02 Å². The Morgan fingerprint density at radius 3 is 2.82 bits per heavy atom. The van der Waals surface area contributed by atoms with Gasteiger partial charge in [-0.25, -0.2) is 9.13 Å². The summed E-state index contributed by atoms with van der Waals surface area (Å²) in [4.78, 5) is 10.3. The third kappa shape index (κ3) is 4.60. The number of halogens is 2. The molecule has 1 aromatic carbocycles. The molecule has 7 nitrogen and oxygen atoms in total. The van der Waals surface area contributed by atoms with Crippen molar-refractivity contribution in [3.63, 3.8) is 0 Å². The van der Waals surface area contributed by atoms with Crippen molar-refractivity contribution in [1.82, 2.24) is 4.57 Å². The van der Waals surface area contributed by atoms with Crippen molar-refractivity contribution < 1.29 is 26.5 Å². The summed E-state index contributed by atoms with van der Waals surface area (Å²) >= 11 is 6.03. The van der Waals surface area contributed by atoms with Crippen molar-refractivity contribution in [3.05, 3.63) is 46.0 Å². The van der Waals surface area contributed by atoms with E-state index in [4.69, 9.17) is 17.3 Å². The molecule has 0 saturated carbocycles. The standard InChI is InChI=1S/C13H17ClN5O2.BrH/c1-17-5-6-18(9-17)4-2-3-16-12-8-13(19(20)21)11(15)7-10(12)14;/h5-9,16H,2-4,15H2,1H3;1H/q+1;/p-1. The van der Waals surface area contributed by atoms with E-state index in [1.807, 2.05) is 30.3 Å². The fraction of sp³-hybridized carbons (Fsp3) is 0.308. The van der Waals surface area contributed by atoms with Crippen molar-refractivity contribution in [1.29, 1.82) is 0 Å². The van der Waals surface area contributed by atoms with E-state index in [1.165, 1.54) is 12.1 Å². The van der Waals surface area contributed by atoms with Gasteiger partial charge in [-0.3, -0.25) is 10.1 Å². The molecule has 3 N–H and O–H groups in total. The molecule has 120 valence electrons. The lowest BCUT2D eigenvalue weighted by Gasteiger charge is -2.08. The highest BCUT2D eigenvalue weighted by atomic mass is 79.9. The Bertz CT molecular complexity index is 662. The highest BCUT2D eigenvalue weighted by Gasteiger charge is 2.15. The zero-order valence-corrected chi connectivity index (χ0v) is 14.3. The summed E-state index contributed by atoms with van der Waals surface area (Å²) in [5.74, 6) is 0. The van der Waals surface area contributed by atoms with Gasteiger partial charge in [-0.15, -0.1) is 0 Å². The molecule has 0 aliphatic rings. The van der Waals surface area contributed by atoms with E-state index in [-0.39, 0.29) is 28.4 Å². The Morgan fingerprint density at radius 1 is 1.50 bits per heavy atom. The molecule has 22 heavy (non-hydrogen) atoms. The van der Waals surface area contributed by atoms with Crippen LogP contribution in [0, 0.1) is 10.1 Å². The minimum absolute atomic E-state index is 0. The lowest BCUT2D eigenvalue weighted by atomic mass is 10.2. The zero-order chi connectivity index (χ0) is 15.4. The molecular formula is C13H17BrClN5O2. The first-order chi connectivity index (χ1) is 9.97. The molecule has 0 radical (unpaired) electrons. The average molecular weight is 391 g/mol. The molecule has 0 spiro atoms. The van der Waals surface area contributed by atoms with Gasteiger partial charge in [-0.2, -0.15) is 0 Å². The van der Waals surface area contributed by atoms with Crippen LogP contribution in [-0.4, -0.2) is 16.0 Å². The molecule has 2 aromatic rings. The number of nitrogens with zero attached hydrogens (tertiary/aromatic N) is 3. The van der Waals surface area contributed by atoms with Gasteiger partial charge in [0.05, 0.1) is 29.2 Å². The van der Waals surface area contributed by atoms with Gasteiger partial charge in [0.25, 0.3) is 5.69 Å². The molecule has 0 amide bonds. The third-order valence-electron chi connectivity index (χ3n) is 3.05. The minimum Gasteiger partial charge on any atom is -1.00 e. The Morgan fingerprint density at radius 2 is 2.23 bits per heavy atom. The lowest BCUT2D eigenvalue weighted by Crippen LogP contribution is -3.00. The van der Waals surface area contributed by atoms with Crippen LogP contribution in [0.4, 0.5) is 17.1 Å². The van der Waals surface area contributed by atoms with Crippen LogP contribution in [0.25, 0.3) is 0 Å². The SMILES string of the molecule is C[n+]1ccn(CCCNc2cc([N+](=O)[O-])c(N)cc2Cl)c1.[Br-]. The summed E-state index contributed by atoms with van der Waals surface area (Å²) in [6.07, 6.45) is 6.80. The van der Waals surface area contributed by atoms with Gasteiger partial charge in [0, 0.05) is 19.0 Å². The molecule has 0 saturated heterocycles. The third-order valence-corrected chi connectivity index (χ3v) is 3.36. The van der Waals surface area contributed by atoms with Gasteiger partial charge < -0.3 is 28.0 Å². The maximum atomic E-state index is 10.9. The van der Waals surface area contributed by atoms with Gasteiger partial charge in [0.1, 0.15) is 18.1 Å². The normalized spacial score (nSPS) is 10.1. The quantitative estimate of drug-likeness (QED) is 0.217. The Labute approximate surface area is 143 Å². The lowest BCUT2D eigenvalue weighted by molar-refractivity contribution is -0.671. The number of anilines is 2. The first-order valence-corrected chi connectivity index (χ1v) is 6.83. The number of aryl methyl sites for hydroxylation is 2. The Balaban J connectivity index is 0.00000242. The maximum absolute atomic E-state index is 10.9. The molecule has 1 heterocycles. The fourth-order valence-corrected chi connectivity index (χ4v) is 2.23. The minimum atomic E-state index is -0.517. The Hall–Kier alpha value is -1.80. The number of imidazole rings is 1. The summed E-state index contributed by atoms with van der Waals surface area (Å²) < 4.78 is 4.03. The number of nitro groups is 1. The van der Waals surface area contributed by atoms with Crippen molar-refractivity contribution in [2.75, 3.05) is 17.6 Å². The molecule has 0 aliphatic heterocycles. The molecule has 1 aromatic heterocycles. The number of rotatable bonds is 6. The summed E-state index contributed by atoms with van der Waals surface area (Å²) in [6, 6.07) is 2.77. The smallest absolute Gasteiger partial charge is 0.294 e. The topological polar surface area (TPSA) is 90.0 Å². The number of benzene rings is 1. The molecule has 0 fully saturated rings. The number of nitro benzene ring substituents is 1. The maximum Gasteiger partial charge on any atom is 0.294 e. The van der Waals surface area contributed by atoms with Crippen molar-refractivity contribution in [2.45, 2.75) is 13.0 Å². The molecule has 0 bridgehead atoms. The largest absolute Gasteiger partial charge is 1.00 e. The van der Waals surface area contributed by atoms with Crippen LogP contribution in [0.1, 0.15) is 6.42 Å². The first-order valence-electron chi connectivity index (χ1n) is 6.45. The Kier molecular flexibility index (Phi) is 6.63. The number of hydrogen-bond acceptors (Lipinski definition) is 4. The molecule has 9 heteroatoms. The van der Waals surface area contributed by atoms with Crippen LogP contribution in [0.5, 0.6) is 0 Å². The van der Waals surface area contributed by atoms with Crippen molar-refractivity contribution in [3.8, 4) is 0 Å². The highest BCUT2D eigenvalue weighted by molar-refractivity contribution is 6.33. The molecular weight excluding hydrogens is 374 g/mol.